The zero-order chi connectivity index (χ0) is 22.3. The molecule has 9 heteroatoms. The minimum Gasteiger partial charge on any atom is -0.481 e. The highest BCUT2D eigenvalue weighted by atomic mass is 32.2. The Kier molecular flexibility index (Phi) is 5.14. The first kappa shape index (κ1) is 20.8. The number of nitrogens with one attached hydrogen (secondary N) is 2. The number of anilines is 1. The second kappa shape index (κ2) is 7.66. The van der Waals surface area contributed by atoms with Crippen molar-refractivity contribution in [2.45, 2.75) is 37.0 Å². The Morgan fingerprint density at radius 1 is 1.23 bits per heavy atom. The number of hydrogen-bond donors (Lipinski definition) is 3. The van der Waals surface area contributed by atoms with Crippen LogP contribution in [0.4, 0.5) is 5.69 Å². The fraction of sp³-hybridized carbons (Fsp3) is 0.227. The second-order valence-electron chi connectivity index (χ2n) is 7.47. The Bertz CT molecular complexity index is 1280. The summed E-state index contributed by atoms with van der Waals surface area (Å²) in [5.41, 5.74) is 3.45. The number of hydrogen-bond acceptors (Lipinski definition) is 5. The van der Waals surface area contributed by atoms with Crippen LogP contribution in [-0.2, 0) is 32.3 Å². The number of Topliss-reactive ketones (excluding diaryl/α,β-unsaturated/α-hetero) is 1. The van der Waals surface area contributed by atoms with Crippen LogP contribution in [0.2, 0.25) is 0 Å². The van der Waals surface area contributed by atoms with Gasteiger partial charge in [0, 0.05) is 46.5 Å². The van der Waals surface area contributed by atoms with Crippen molar-refractivity contribution < 1.29 is 27.9 Å². The third-order valence-electron chi connectivity index (χ3n) is 5.52. The Labute approximate surface area is 178 Å². The molecule has 0 saturated carbocycles. The lowest BCUT2D eigenvalue weighted by Gasteiger charge is -2.11. The van der Waals surface area contributed by atoms with E-state index < -0.39 is 21.7 Å². The number of ketones is 1. The molecular weight excluding hydrogens is 420 g/mol. The number of carbonyl (C=O) groups is 3. The van der Waals surface area contributed by atoms with Gasteiger partial charge in [-0.05, 0) is 49.1 Å². The maximum absolute atomic E-state index is 12.6. The van der Waals surface area contributed by atoms with Crippen LogP contribution in [0.15, 0.2) is 35.1 Å². The topological polar surface area (TPSA) is 133 Å². The van der Waals surface area contributed by atoms with E-state index in [-0.39, 0.29) is 29.1 Å². The molecule has 160 valence electrons. The first-order valence-corrected chi connectivity index (χ1v) is 11.3. The van der Waals surface area contributed by atoms with Gasteiger partial charge in [0.25, 0.3) is 5.91 Å². The van der Waals surface area contributed by atoms with E-state index in [2.05, 4.69) is 16.9 Å². The van der Waals surface area contributed by atoms with Crippen molar-refractivity contribution in [3.05, 3.63) is 58.3 Å². The largest absolute Gasteiger partial charge is 0.481 e. The van der Waals surface area contributed by atoms with Crippen LogP contribution in [0.5, 0.6) is 0 Å². The van der Waals surface area contributed by atoms with Crippen LogP contribution in [0.1, 0.15) is 52.1 Å². The van der Waals surface area contributed by atoms with Crippen molar-refractivity contribution >= 4 is 44.8 Å². The van der Waals surface area contributed by atoms with Gasteiger partial charge in [0.1, 0.15) is 0 Å². The van der Waals surface area contributed by atoms with Crippen molar-refractivity contribution in [1.82, 2.24) is 4.98 Å². The summed E-state index contributed by atoms with van der Waals surface area (Å²) >= 11 is 0. The van der Waals surface area contributed by atoms with E-state index in [1.807, 2.05) is 0 Å². The zero-order valence-corrected chi connectivity index (χ0v) is 17.3. The number of rotatable bonds is 6. The highest BCUT2D eigenvalue weighted by molar-refractivity contribution is 7.94. The van der Waals surface area contributed by atoms with Crippen LogP contribution >= 0.6 is 0 Å². The number of carboxylic acids is 1. The lowest BCUT2D eigenvalue weighted by atomic mass is 9.91. The number of fused-ring (bicyclic) bond motifs is 2. The monoisotopic (exact) mass is 440 g/mol. The first-order valence-electron chi connectivity index (χ1n) is 9.75. The van der Waals surface area contributed by atoms with Gasteiger partial charge in [-0.15, -0.1) is 0 Å². The number of aromatic nitrogens is 1. The molecule has 0 fully saturated rings. The number of sulfone groups is 1. The van der Waals surface area contributed by atoms with Gasteiger partial charge >= 0.3 is 5.97 Å². The van der Waals surface area contributed by atoms with Crippen molar-refractivity contribution in [2.75, 3.05) is 5.32 Å². The summed E-state index contributed by atoms with van der Waals surface area (Å²) in [5.74, 6) is -1.44. The van der Waals surface area contributed by atoms with Gasteiger partial charge in [-0.25, -0.2) is 8.42 Å². The van der Waals surface area contributed by atoms with Gasteiger partial charge in [-0.2, -0.15) is 0 Å². The molecule has 0 saturated heterocycles. The Morgan fingerprint density at radius 3 is 2.71 bits per heavy atom. The SMILES string of the molecule is C=CS(=O)(=O)c1ccc2c(c1)C(=Cc1[nH]c3c(c1CCC(=O)O)C(=O)CCC3)C(=O)N2. The molecule has 2 heterocycles. The van der Waals surface area contributed by atoms with Crippen molar-refractivity contribution in [3.8, 4) is 0 Å². The predicted molar refractivity (Wildman–Crippen MR) is 114 cm³/mol. The van der Waals surface area contributed by atoms with Gasteiger partial charge in [-0.1, -0.05) is 6.58 Å². The number of H-pyrrole nitrogens is 1. The molecule has 1 aromatic heterocycles. The molecule has 0 unspecified atom stereocenters. The van der Waals surface area contributed by atoms with Gasteiger partial charge in [0.05, 0.1) is 10.5 Å². The fourth-order valence-corrected chi connectivity index (χ4v) is 4.77. The zero-order valence-electron chi connectivity index (χ0n) is 16.5. The molecule has 4 rings (SSSR count). The Balaban J connectivity index is 1.85. The minimum absolute atomic E-state index is 0.00992. The van der Waals surface area contributed by atoms with Crippen molar-refractivity contribution in [2.24, 2.45) is 0 Å². The molecule has 0 spiro atoms. The molecule has 3 N–H and O–H groups in total. The van der Waals surface area contributed by atoms with E-state index in [1.54, 1.807) is 6.08 Å². The first-order chi connectivity index (χ1) is 14.7. The smallest absolute Gasteiger partial charge is 0.303 e. The summed E-state index contributed by atoms with van der Waals surface area (Å²) in [5, 5.41) is 12.7. The quantitative estimate of drug-likeness (QED) is 0.592. The standard InChI is InChI=1S/C22H20N2O6S/c1-2-31(29,30)12-6-8-16-14(10-12)15(22(28)24-16)11-18-13(7-9-20(26)27)21-17(23-18)4-3-5-19(21)25/h2,6,8,10-11,23H,1,3-5,7,9H2,(H,24,28)(H,26,27). The summed E-state index contributed by atoms with van der Waals surface area (Å²) in [4.78, 5) is 39.5. The molecule has 1 aliphatic heterocycles. The minimum atomic E-state index is -3.69. The summed E-state index contributed by atoms with van der Waals surface area (Å²) in [6.45, 7) is 3.32. The Hall–Kier alpha value is -3.46. The van der Waals surface area contributed by atoms with Gasteiger partial charge < -0.3 is 15.4 Å². The maximum Gasteiger partial charge on any atom is 0.303 e. The third kappa shape index (κ3) is 3.72. The summed E-state index contributed by atoms with van der Waals surface area (Å²) in [6.07, 6.45) is 3.31. The number of aryl methyl sites for hydroxylation is 1. The van der Waals surface area contributed by atoms with Crippen LogP contribution in [-0.4, -0.2) is 36.2 Å². The number of carboxylic acid groups (broad SMARTS) is 1. The molecule has 0 bridgehead atoms. The number of amides is 1. The van der Waals surface area contributed by atoms with E-state index in [1.165, 1.54) is 18.2 Å². The molecule has 8 nitrogen and oxygen atoms in total. The highest BCUT2D eigenvalue weighted by Crippen LogP contribution is 2.37. The Morgan fingerprint density at radius 2 is 2.00 bits per heavy atom. The molecule has 2 aliphatic rings. The number of carbonyl (C=O) groups excluding carboxylic acids is 2. The van der Waals surface area contributed by atoms with E-state index in [4.69, 9.17) is 5.11 Å². The fourth-order valence-electron chi connectivity index (χ4n) is 4.03. The van der Waals surface area contributed by atoms with E-state index in [0.717, 1.165) is 11.1 Å². The second-order valence-corrected chi connectivity index (χ2v) is 9.37. The molecular formula is C22H20N2O6S. The molecule has 2 aromatic rings. The molecule has 1 aromatic carbocycles. The van der Waals surface area contributed by atoms with Crippen LogP contribution in [0.3, 0.4) is 0 Å². The van der Waals surface area contributed by atoms with E-state index in [0.29, 0.717) is 47.3 Å². The van der Waals surface area contributed by atoms with E-state index >= 15 is 0 Å². The van der Waals surface area contributed by atoms with Gasteiger partial charge in [-0.3, -0.25) is 14.4 Å². The van der Waals surface area contributed by atoms with Crippen LogP contribution < -0.4 is 5.32 Å². The molecule has 31 heavy (non-hydrogen) atoms. The lowest BCUT2D eigenvalue weighted by Crippen LogP contribution is -2.11. The highest BCUT2D eigenvalue weighted by Gasteiger charge is 2.29. The summed E-state index contributed by atoms with van der Waals surface area (Å²) in [6, 6.07) is 4.31. The van der Waals surface area contributed by atoms with E-state index in [9.17, 15) is 22.8 Å². The van der Waals surface area contributed by atoms with Gasteiger partial charge in [0.15, 0.2) is 15.6 Å². The average molecular weight is 440 g/mol. The maximum atomic E-state index is 12.6. The third-order valence-corrected chi connectivity index (χ3v) is 6.87. The van der Waals surface area contributed by atoms with Crippen LogP contribution in [0, 0.1) is 0 Å². The average Bonchev–Trinajstić information content (AvgIpc) is 3.24. The normalized spacial score (nSPS) is 16.7. The molecule has 0 atom stereocenters. The van der Waals surface area contributed by atoms with Crippen LogP contribution in [0.25, 0.3) is 11.6 Å². The molecule has 1 aliphatic carbocycles. The summed E-state index contributed by atoms with van der Waals surface area (Å²) < 4.78 is 24.4. The molecule has 0 radical (unpaired) electrons. The number of aliphatic carboxylic acids is 1. The summed E-state index contributed by atoms with van der Waals surface area (Å²) in [7, 11) is -3.69. The number of aromatic amines is 1. The van der Waals surface area contributed by atoms with Crippen molar-refractivity contribution in [3.63, 3.8) is 0 Å². The molecule has 1 amide bonds. The van der Waals surface area contributed by atoms with Gasteiger partial charge in [0.2, 0.25) is 0 Å². The van der Waals surface area contributed by atoms with Crippen molar-refractivity contribution in [1.29, 1.82) is 0 Å². The number of benzene rings is 1. The predicted octanol–water partition coefficient (Wildman–Crippen LogP) is 2.96. The lowest BCUT2D eigenvalue weighted by molar-refractivity contribution is -0.137.